The maximum Gasteiger partial charge on any atom is 0.408 e. The van der Waals surface area contributed by atoms with Crippen LogP contribution in [0.2, 0.25) is 0 Å². The molecule has 238 valence electrons. The number of hydrogen-bond donors (Lipinski definition) is 1. The molecule has 9 nitrogen and oxygen atoms in total. The van der Waals surface area contributed by atoms with Gasteiger partial charge < -0.3 is 24.4 Å². The molecule has 45 heavy (non-hydrogen) atoms. The minimum Gasteiger partial charge on any atom is -0.458 e. The van der Waals surface area contributed by atoms with Gasteiger partial charge in [0.1, 0.15) is 18.2 Å². The summed E-state index contributed by atoms with van der Waals surface area (Å²) in [4.78, 5) is 43.0. The molecule has 3 aromatic carbocycles. The summed E-state index contributed by atoms with van der Waals surface area (Å²) in [6, 6.07) is 20.9. The summed E-state index contributed by atoms with van der Waals surface area (Å²) in [6.07, 6.45) is 1.20. The molecule has 1 atom stereocenters. The lowest BCUT2D eigenvalue weighted by Crippen LogP contribution is -2.50. The number of nitrogens with one attached hydrogen (secondary N) is 1. The lowest BCUT2D eigenvalue weighted by Gasteiger charge is -2.34. The minimum absolute atomic E-state index is 0.0513. The van der Waals surface area contributed by atoms with E-state index in [1.54, 1.807) is 32.8 Å². The van der Waals surface area contributed by atoms with Gasteiger partial charge in [-0.25, -0.2) is 9.59 Å². The van der Waals surface area contributed by atoms with E-state index in [1.807, 2.05) is 48.5 Å². The Hall–Kier alpha value is -4.21. The van der Waals surface area contributed by atoms with Gasteiger partial charge in [-0.2, -0.15) is 0 Å². The fourth-order valence-corrected chi connectivity index (χ4v) is 5.92. The van der Waals surface area contributed by atoms with Crippen molar-refractivity contribution in [2.75, 3.05) is 44.8 Å². The van der Waals surface area contributed by atoms with Crippen LogP contribution in [0, 0.1) is 0 Å². The van der Waals surface area contributed by atoms with Gasteiger partial charge in [0.15, 0.2) is 0 Å². The summed E-state index contributed by atoms with van der Waals surface area (Å²) in [6.45, 7) is 8.74. The maximum atomic E-state index is 13.2. The van der Waals surface area contributed by atoms with Crippen molar-refractivity contribution < 1.29 is 28.6 Å². The van der Waals surface area contributed by atoms with Crippen molar-refractivity contribution >= 4 is 23.7 Å². The summed E-state index contributed by atoms with van der Waals surface area (Å²) in [5, 5.41) is 2.74. The largest absolute Gasteiger partial charge is 0.458 e. The average molecular weight is 614 g/mol. The number of anilines is 1. The second-order valence-electron chi connectivity index (χ2n) is 12.6. The number of ether oxygens (including phenoxy) is 3. The van der Waals surface area contributed by atoms with Gasteiger partial charge in [-0.3, -0.25) is 9.69 Å². The van der Waals surface area contributed by atoms with Crippen LogP contribution in [0.5, 0.6) is 0 Å². The van der Waals surface area contributed by atoms with Gasteiger partial charge in [0.05, 0.1) is 6.54 Å². The van der Waals surface area contributed by atoms with Crippen LogP contribution >= 0.6 is 0 Å². The van der Waals surface area contributed by atoms with Crippen LogP contribution in [0.15, 0.2) is 66.7 Å². The van der Waals surface area contributed by atoms with Gasteiger partial charge in [0, 0.05) is 45.5 Å². The van der Waals surface area contributed by atoms with Crippen molar-refractivity contribution in [3.63, 3.8) is 0 Å². The molecule has 1 N–H and O–H groups in total. The number of rotatable bonds is 11. The van der Waals surface area contributed by atoms with E-state index in [9.17, 15) is 14.4 Å². The second-order valence-corrected chi connectivity index (χ2v) is 12.6. The number of hydrogen-bond acceptors (Lipinski definition) is 7. The molecule has 5 rings (SSSR count). The first-order valence-electron chi connectivity index (χ1n) is 15.6. The van der Waals surface area contributed by atoms with Gasteiger partial charge in [0.25, 0.3) is 0 Å². The molecule has 0 radical (unpaired) electrons. The van der Waals surface area contributed by atoms with Crippen LogP contribution in [-0.2, 0) is 43.2 Å². The maximum absolute atomic E-state index is 13.2. The quantitative estimate of drug-likeness (QED) is 0.185. The van der Waals surface area contributed by atoms with Crippen LogP contribution in [-0.4, -0.2) is 74.4 Å². The molecule has 1 saturated heterocycles. The Morgan fingerprint density at radius 3 is 2.44 bits per heavy atom. The summed E-state index contributed by atoms with van der Waals surface area (Å²) in [7, 11) is 1.68. The van der Waals surface area contributed by atoms with Gasteiger partial charge >= 0.3 is 12.1 Å². The highest BCUT2D eigenvalue weighted by atomic mass is 16.6. The number of methoxy groups -OCH3 is 1. The molecule has 1 aliphatic heterocycles. The fraction of sp³-hybridized carbons (Fsp3) is 0.417. The normalized spacial score (nSPS) is 15.3. The average Bonchev–Trinajstić information content (AvgIpc) is 3.39. The Balaban J connectivity index is 1.21. The smallest absolute Gasteiger partial charge is 0.408 e. The zero-order valence-corrected chi connectivity index (χ0v) is 26.6. The molecule has 3 aromatic rings. The third-order valence-electron chi connectivity index (χ3n) is 8.10. The predicted octanol–water partition coefficient (Wildman–Crippen LogP) is 5.12. The van der Waals surface area contributed by atoms with Crippen molar-refractivity contribution in [1.82, 2.24) is 10.2 Å². The number of amides is 2. The Morgan fingerprint density at radius 2 is 1.71 bits per heavy atom. The van der Waals surface area contributed by atoms with Crippen molar-refractivity contribution in [3.05, 3.63) is 89.0 Å². The number of fused-ring (bicyclic) bond motifs is 3. The molecule has 2 amide bonds. The molecule has 1 fully saturated rings. The molecule has 1 aliphatic carbocycles. The number of carbonyl (C=O) groups excluding carboxylic acids is 3. The Labute approximate surface area is 265 Å². The van der Waals surface area contributed by atoms with Gasteiger partial charge in [0.2, 0.25) is 5.91 Å². The van der Waals surface area contributed by atoms with Crippen molar-refractivity contribution in [2.24, 2.45) is 0 Å². The van der Waals surface area contributed by atoms with Crippen LogP contribution in [0.4, 0.5) is 10.5 Å². The van der Waals surface area contributed by atoms with Crippen molar-refractivity contribution in [2.45, 2.75) is 58.3 Å². The molecule has 1 heterocycles. The van der Waals surface area contributed by atoms with Gasteiger partial charge in [-0.1, -0.05) is 54.6 Å². The standard InChI is InChI=1S/C36H43N3O6/c1-36(2,3)45-34(41)32(21-25-13-15-28(16-14-25)39-19-18-38(23-33(39)40)17-8-20-43-4)37-35(42)44-24-27-10-7-12-30-29-11-6-5-9-26(29)22-31(27)30/h5-7,9-16,32H,8,17-24H2,1-4H3,(H,37,42). The number of alkyl carbamates (subject to hydrolysis) is 1. The first-order chi connectivity index (χ1) is 21.6. The summed E-state index contributed by atoms with van der Waals surface area (Å²) < 4.78 is 16.4. The molecule has 9 heteroatoms. The van der Waals surface area contributed by atoms with Crippen LogP contribution < -0.4 is 10.2 Å². The van der Waals surface area contributed by atoms with E-state index >= 15 is 0 Å². The summed E-state index contributed by atoms with van der Waals surface area (Å²) in [5.74, 6) is -0.491. The first-order valence-corrected chi connectivity index (χ1v) is 15.6. The van der Waals surface area contributed by atoms with Gasteiger partial charge in [-0.05, 0) is 79.1 Å². The van der Waals surface area contributed by atoms with E-state index in [0.717, 1.165) is 53.9 Å². The molecule has 2 aliphatic rings. The Morgan fingerprint density at radius 1 is 0.956 bits per heavy atom. The topological polar surface area (TPSA) is 97.4 Å². The van der Waals surface area contributed by atoms with Crippen molar-refractivity contribution in [3.8, 4) is 11.1 Å². The Kier molecular flexibility index (Phi) is 10.2. The zero-order valence-electron chi connectivity index (χ0n) is 26.6. The Bertz CT molecular complexity index is 1510. The van der Waals surface area contributed by atoms with E-state index in [2.05, 4.69) is 28.4 Å². The van der Waals surface area contributed by atoms with Crippen LogP contribution in [0.1, 0.15) is 49.4 Å². The molecular formula is C36H43N3O6. The molecule has 0 saturated carbocycles. The van der Waals surface area contributed by atoms with E-state index in [0.29, 0.717) is 19.7 Å². The molecule has 0 spiro atoms. The lowest BCUT2D eigenvalue weighted by atomic mass is 10.0. The van der Waals surface area contributed by atoms with Crippen LogP contribution in [0.25, 0.3) is 11.1 Å². The van der Waals surface area contributed by atoms with E-state index in [1.165, 1.54) is 11.1 Å². The van der Waals surface area contributed by atoms with Crippen LogP contribution in [0.3, 0.4) is 0 Å². The highest BCUT2D eigenvalue weighted by Gasteiger charge is 2.29. The predicted molar refractivity (Wildman–Crippen MR) is 173 cm³/mol. The third kappa shape index (κ3) is 8.29. The summed E-state index contributed by atoms with van der Waals surface area (Å²) >= 11 is 0. The first kappa shape index (κ1) is 32.2. The van der Waals surface area contributed by atoms with E-state index < -0.39 is 23.7 Å². The number of benzene rings is 3. The number of esters is 1. The number of nitrogens with zero attached hydrogens (tertiary/aromatic N) is 2. The molecular weight excluding hydrogens is 570 g/mol. The zero-order chi connectivity index (χ0) is 32.0. The highest BCUT2D eigenvalue weighted by Crippen LogP contribution is 2.38. The molecule has 0 aromatic heterocycles. The monoisotopic (exact) mass is 613 g/mol. The number of piperazine rings is 1. The minimum atomic E-state index is -0.953. The second kappa shape index (κ2) is 14.3. The summed E-state index contributed by atoms with van der Waals surface area (Å²) in [5.41, 5.74) is 6.61. The van der Waals surface area contributed by atoms with E-state index in [4.69, 9.17) is 14.2 Å². The lowest BCUT2D eigenvalue weighted by molar-refractivity contribution is -0.157. The SMILES string of the molecule is COCCCN1CCN(c2ccc(CC(NC(=O)OCc3cccc4c3Cc3ccccc3-4)C(=O)OC(C)(C)C)cc2)C(=O)C1. The highest BCUT2D eigenvalue weighted by molar-refractivity contribution is 5.95. The third-order valence-corrected chi connectivity index (χ3v) is 8.10. The number of carbonyl (C=O) groups is 3. The fourth-order valence-electron chi connectivity index (χ4n) is 5.92. The van der Waals surface area contributed by atoms with Gasteiger partial charge in [-0.15, -0.1) is 0 Å². The van der Waals surface area contributed by atoms with Crippen molar-refractivity contribution in [1.29, 1.82) is 0 Å². The van der Waals surface area contributed by atoms with E-state index in [-0.39, 0.29) is 18.9 Å². The molecule has 1 unspecified atom stereocenters. The molecule has 0 bridgehead atoms.